The molecule has 7 heteroatoms. The Kier molecular flexibility index (Phi) is 6.31. The first-order chi connectivity index (χ1) is 17.4. The van der Waals surface area contributed by atoms with E-state index in [1.807, 2.05) is 72.0 Å². The standard InChI is InChI=1S/C29H30N4O3/c1-4-33-26-13-12-23(18(2)28(26)30-31-33)25(17-27(34)35)22-11-10-20-14-15-32(19(3)24(20)16-22)29(36)21-8-6-5-7-9-21/h5-13,16,19,25H,4,14-15,17H2,1-3H3,(H,34,35)/t19-,25?/m0/s1. The highest BCUT2D eigenvalue weighted by Crippen LogP contribution is 2.37. The van der Waals surface area contributed by atoms with Crippen LogP contribution in [0.2, 0.25) is 0 Å². The molecule has 1 N–H and O–H groups in total. The number of carbonyl (C=O) groups is 2. The van der Waals surface area contributed by atoms with E-state index in [0.29, 0.717) is 12.1 Å². The molecule has 5 rings (SSSR count). The molecule has 0 spiro atoms. The summed E-state index contributed by atoms with van der Waals surface area (Å²) in [7, 11) is 0. The SMILES string of the molecule is CCn1nnc2c(C)c(C(CC(=O)O)c3ccc4c(c3)[C@H](C)N(C(=O)c3ccccc3)CC4)ccc21. The number of amides is 1. The number of fused-ring (bicyclic) bond motifs is 2. The third kappa shape index (κ3) is 4.15. The topological polar surface area (TPSA) is 88.3 Å². The van der Waals surface area contributed by atoms with Gasteiger partial charge in [-0.1, -0.05) is 47.7 Å². The van der Waals surface area contributed by atoms with Crippen LogP contribution in [0.15, 0.2) is 60.7 Å². The number of carbonyl (C=O) groups excluding carboxylic acids is 1. The van der Waals surface area contributed by atoms with Gasteiger partial charge in [-0.25, -0.2) is 4.68 Å². The molecule has 7 nitrogen and oxygen atoms in total. The van der Waals surface area contributed by atoms with E-state index in [-0.39, 0.29) is 24.3 Å². The zero-order valence-electron chi connectivity index (χ0n) is 20.8. The molecule has 1 amide bonds. The lowest BCUT2D eigenvalue weighted by Crippen LogP contribution is -2.39. The van der Waals surface area contributed by atoms with Gasteiger partial charge >= 0.3 is 5.97 Å². The van der Waals surface area contributed by atoms with Crippen molar-refractivity contribution in [3.8, 4) is 0 Å². The summed E-state index contributed by atoms with van der Waals surface area (Å²) in [5, 5.41) is 18.4. The molecule has 0 aliphatic carbocycles. The zero-order chi connectivity index (χ0) is 25.4. The Hall–Kier alpha value is -4.00. The summed E-state index contributed by atoms with van der Waals surface area (Å²) in [5.74, 6) is -1.18. The van der Waals surface area contributed by atoms with Gasteiger partial charge in [0.2, 0.25) is 0 Å². The second kappa shape index (κ2) is 9.57. The highest BCUT2D eigenvalue weighted by Gasteiger charge is 2.30. The molecule has 184 valence electrons. The molecule has 2 heterocycles. The zero-order valence-corrected chi connectivity index (χ0v) is 20.8. The molecule has 1 aromatic heterocycles. The minimum absolute atomic E-state index is 0.0153. The molecule has 1 unspecified atom stereocenters. The van der Waals surface area contributed by atoms with E-state index in [2.05, 4.69) is 29.4 Å². The van der Waals surface area contributed by atoms with Crippen LogP contribution in [0.25, 0.3) is 11.0 Å². The van der Waals surface area contributed by atoms with Crippen LogP contribution in [-0.2, 0) is 17.8 Å². The summed E-state index contributed by atoms with van der Waals surface area (Å²) < 4.78 is 1.84. The molecule has 0 saturated heterocycles. The van der Waals surface area contributed by atoms with E-state index in [0.717, 1.165) is 46.3 Å². The maximum atomic E-state index is 13.2. The number of aromatic nitrogens is 3. The first-order valence-electron chi connectivity index (χ1n) is 12.4. The molecule has 0 radical (unpaired) electrons. The van der Waals surface area contributed by atoms with Crippen LogP contribution in [0.1, 0.15) is 70.4 Å². The number of nitrogens with zero attached hydrogens (tertiary/aromatic N) is 4. The fraction of sp³-hybridized carbons (Fsp3) is 0.310. The molecule has 4 aromatic rings. The van der Waals surface area contributed by atoms with Crippen LogP contribution in [0.5, 0.6) is 0 Å². The highest BCUT2D eigenvalue weighted by molar-refractivity contribution is 5.94. The van der Waals surface area contributed by atoms with E-state index < -0.39 is 5.97 Å². The maximum Gasteiger partial charge on any atom is 0.304 e. The Bertz CT molecular complexity index is 1440. The average Bonchev–Trinajstić information content (AvgIpc) is 3.32. The van der Waals surface area contributed by atoms with Gasteiger partial charge in [-0.3, -0.25) is 9.59 Å². The summed E-state index contributed by atoms with van der Waals surface area (Å²) >= 11 is 0. The van der Waals surface area contributed by atoms with Crippen LogP contribution >= 0.6 is 0 Å². The monoisotopic (exact) mass is 482 g/mol. The molecule has 0 fully saturated rings. The van der Waals surface area contributed by atoms with Crippen molar-refractivity contribution in [2.45, 2.75) is 52.1 Å². The maximum absolute atomic E-state index is 13.2. The number of hydrogen-bond acceptors (Lipinski definition) is 4. The number of carboxylic acids is 1. The largest absolute Gasteiger partial charge is 0.481 e. The van der Waals surface area contributed by atoms with Crippen molar-refractivity contribution in [1.82, 2.24) is 19.9 Å². The van der Waals surface area contributed by atoms with Crippen LogP contribution in [0, 0.1) is 6.92 Å². The fourth-order valence-corrected chi connectivity index (χ4v) is 5.45. The fourth-order valence-electron chi connectivity index (χ4n) is 5.45. The van der Waals surface area contributed by atoms with Gasteiger partial charge < -0.3 is 10.0 Å². The van der Waals surface area contributed by atoms with E-state index >= 15 is 0 Å². The first-order valence-corrected chi connectivity index (χ1v) is 12.4. The molecule has 2 atom stereocenters. The Morgan fingerprint density at radius 3 is 2.61 bits per heavy atom. The summed E-state index contributed by atoms with van der Waals surface area (Å²) in [6, 6.07) is 19.5. The van der Waals surface area contributed by atoms with Crippen molar-refractivity contribution >= 4 is 22.9 Å². The molecule has 0 saturated carbocycles. The smallest absolute Gasteiger partial charge is 0.304 e. The third-order valence-electron chi connectivity index (χ3n) is 7.43. The van der Waals surface area contributed by atoms with Gasteiger partial charge in [0.15, 0.2) is 0 Å². The minimum atomic E-state index is -0.858. The van der Waals surface area contributed by atoms with Crippen molar-refractivity contribution in [3.05, 3.63) is 94.0 Å². The summed E-state index contributed by atoms with van der Waals surface area (Å²) in [5.41, 5.74) is 7.53. The summed E-state index contributed by atoms with van der Waals surface area (Å²) in [4.78, 5) is 27.1. The molecule has 1 aliphatic heterocycles. The normalized spacial score (nSPS) is 16.1. The van der Waals surface area contributed by atoms with Crippen molar-refractivity contribution < 1.29 is 14.7 Å². The predicted molar refractivity (Wildman–Crippen MR) is 138 cm³/mol. The number of aliphatic carboxylic acids is 1. The van der Waals surface area contributed by atoms with E-state index in [9.17, 15) is 14.7 Å². The number of carboxylic acid groups (broad SMARTS) is 1. The van der Waals surface area contributed by atoms with E-state index in [1.54, 1.807) is 0 Å². The summed E-state index contributed by atoms with van der Waals surface area (Å²) in [6.07, 6.45) is 0.737. The molecule has 3 aromatic carbocycles. The lowest BCUT2D eigenvalue weighted by Gasteiger charge is -2.36. The van der Waals surface area contributed by atoms with Crippen LogP contribution in [-0.4, -0.2) is 43.4 Å². The molecule has 36 heavy (non-hydrogen) atoms. The number of hydrogen-bond donors (Lipinski definition) is 1. The highest BCUT2D eigenvalue weighted by atomic mass is 16.4. The van der Waals surface area contributed by atoms with Crippen molar-refractivity contribution in [2.24, 2.45) is 0 Å². The molecule has 1 aliphatic rings. The first kappa shape index (κ1) is 23.7. The van der Waals surface area contributed by atoms with Gasteiger partial charge in [-0.2, -0.15) is 0 Å². The Morgan fingerprint density at radius 2 is 1.89 bits per heavy atom. The Labute approximate surface area is 210 Å². The van der Waals surface area contributed by atoms with Gasteiger partial charge in [0.1, 0.15) is 5.52 Å². The lowest BCUT2D eigenvalue weighted by molar-refractivity contribution is -0.137. The predicted octanol–water partition coefficient (Wildman–Crippen LogP) is 5.13. The molecular weight excluding hydrogens is 452 g/mol. The number of aryl methyl sites for hydroxylation is 2. The molecule has 0 bridgehead atoms. The van der Waals surface area contributed by atoms with Gasteiger partial charge in [-0.15, -0.1) is 5.10 Å². The third-order valence-corrected chi connectivity index (χ3v) is 7.43. The van der Waals surface area contributed by atoms with Gasteiger partial charge in [-0.05, 0) is 73.2 Å². The molecular formula is C29H30N4O3. The van der Waals surface area contributed by atoms with Crippen molar-refractivity contribution in [1.29, 1.82) is 0 Å². The Morgan fingerprint density at radius 1 is 1.11 bits per heavy atom. The second-order valence-electron chi connectivity index (χ2n) is 9.45. The summed E-state index contributed by atoms with van der Waals surface area (Å²) in [6.45, 7) is 7.43. The van der Waals surface area contributed by atoms with E-state index in [4.69, 9.17) is 0 Å². The van der Waals surface area contributed by atoms with Crippen LogP contribution in [0.3, 0.4) is 0 Å². The lowest BCUT2D eigenvalue weighted by atomic mass is 9.82. The Balaban J connectivity index is 1.54. The van der Waals surface area contributed by atoms with Crippen molar-refractivity contribution in [2.75, 3.05) is 6.54 Å². The minimum Gasteiger partial charge on any atom is -0.481 e. The van der Waals surface area contributed by atoms with Crippen molar-refractivity contribution in [3.63, 3.8) is 0 Å². The van der Waals surface area contributed by atoms with Crippen LogP contribution in [0.4, 0.5) is 0 Å². The number of benzene rings is 3. The van der Waals surface area contributed by atoms with E-state index in [1.165, 1.54) is 5.56 Å². The van der Waals surface area contributed by atoms with Crippen LogP contribution < -0.4 is 0 Å². The number of rotatable bonds is 6. The van der Waals surface area contributed by atoms with Gasteiger partial charge in [0, 0.05) is 24.6 Å². The van der Waals surface area contributed by atoms with Gasteiger partial charge in [0.25, 0.3) is 5.91 Å². The quantitative estimate of drug-likeness (QED) is 0.412. The average molecular weight is 483 g/mol. The van der Waals surface area contributed by atoms with Gasteiger partial charge in [0.05, 0.1) is 18.0 Å². The second-order valence-corrected chi connectivity index (χ2v) is 9.45.